The highest BCUT2D eigenvalue weighted by Crippen LogP contribution is 2.29. The number of nitrogens with zero attached hydrogens (tertiary/aromatic N) is 1. The Hall–Kier alpha value is -1.81. The van der Waals surface area contributed by atoms with E-state index in [1.165, 1.54) is 6.07 Å². The van der Waals surface area contributed by atoms with Gasteiger partial charge in [-0.25, -0.2) is 4.39 Å². The lowest BCUT2D eigenvalue weighted by Gasteiger charge is -2.24. The minimum atomic E-state index is -0.215. The average molecular weight is 276 g/mol. The Morgan fingerprint density at radius 2 is 2.05 bits per heavy atom. The first-order valence-electron chi connectivity index (χ1n) is 6.70. The van der Waals surface area contributed by atoms with Crippen LogP contribution in [0.25, 0.3) is 0 Å². The molecule has 1 heterocycles. The van der Waals surface area contributed by atoms with Crippen LogP contribution in [-0.4, -0.2) is 7.05 Å². The van der Waals surface area contributed by atoms with E-state index in [2.05, 4.69) is 4.90 Å². The molecule has 0 radical (unpaired) electrons. The number of nitrogens with two attached hydrogens (primary N) is 1. The van der Waals surface area contributed by atoms with E-state index in [4.69, 9.17) is 10.2 Å². The highest BCUT2D eigenvalue weighted by molar-refractivity contribution is 5.57. The summed E-state index contributed by atoms with van der Waals surface area (Å²) in [6.45, 7) is 6.27. The van der Waals surface area contributed by atoms with Crippen molar-refractivity contribution in [2.24, 2.45) is 5.73 Å². The third kappa shape index (κ3) is 2.85. The van der Waals surface area contributed by atoms with Crippen molar-refractivity contribution in [3.63, 3.8) is 0 Å². The van der Waals surface area contributed by atoms with Gasteiger partial charge in [-0.2, -0.15) is 0 Å². The van der Waals surface area contributed by atoms with E-state index in [0.29, 0.717) is 12.1 Å². The van der Waals surface area contributed by atoms with E-state index < -0.39 is 0 Å². The Morgan fingerprint density at radius 3 is 2.60 bits per heavy atom. The third-order valence-corrected chi connectivity index (χ3v) is 3.58. The van der Waals surface area contributed by atoms with Crippen molar-refractivity contribution in [1.29, 1.82) is 0 Å². The maximum absolute atomic E-state index is 13.7. The van der Waals surface area contributed by atoms with Gasteiger partial charge in [0.15, 0.2) is 0 Å². The van der Waals surface area contributed by atoms with Gasteiger partial charge in [0.1, 0.15) is 11.6 Å². The van der Waals surface area contributed by atoms with Gasteiger partial charge in [-0.15, -0.1) is 0 Å². The van der Waals surface area contributed by atoms with Gasteiger partial charge in [0, 0.05) is 30.9 Å². The van der Waals surface area contributed by atoms with Crippen molar-refractivity contribution in [1.82, 2.24) is 0 Å². The molecule has 0 fully saturated rings. The first kappa shape index (κ1) is 14.6. The molecule has 0 aliphatic heterocycles. The number of benzene rings is 1. The number of halogens is 1. The molecule has 1 unspecified atom stereocenters. The van der Waals surface area contributed by atoms with Crippen molar-refractivity contribution < 1.29 is 8.81 Å². The summed E-state index contributed by atoms with van der Waals surface area (Å²) in [6.07, 6.45) is 1.68. The lowest BCUT2D eigenvalue weighted by Crippen LogP contribution is -2.21. The van der Waals surface area contributed by atoms with Crippen LogP contribution in [0.3, 0.4) is 0 Å². The molecule has 2 rings (SSSR count). The molecule has 1 aromatic heterocycles. The fraction of sp³-hybridized carbons (Fsp3) is 0.375. The van der Waals surface area contributed by atoms with Crippen molar-refractivity contribution in [3.05, 3.63) is 52.7 Å². The summed E-state index contributed by atoms with van der Waals surface area (Å²) < 4.78 is 19.0. The zero-order valence-corrected chi connectivity index (χ0v) is 12.4. The Labute approximate surface area is 119 Å². The zero-order chi connectivity index (χ0) is 14.9. The molecule has 3 nitrogen and oxygen atoms in total. The summed E-state index contributed by atoms with van der Waals surface area (Å²) >= 11 is 0. The fourth-order valence-corrected chi connectivity index (χ4v) is 2.29. The molecule has 2 N–H and O–H groups in total. The van der Waals surface area contributed by atoms with E-state index in [1.807, 2.05) is 33.0 Å². The molecule has 2 aromatic rings. The second-order valence-electron chi connectivity index (χ2n) is 5.31. The van der Waals surface area contributed by atoms with Crippen LogP contribution in [0.15, 0.2) is 28.9 Å². The van der Waals surface area contributed by atoms with E-state index in [-0.39, 0.29) is 11.9 Å². The van der Waals surface area contributed by atoms with Crippen molar-refractivity contribution in [2.75, 3.05) is 11.9 Å². The molecule has 0 aliphatic carbocycles. The minimum Gasteiger partial charge on any atom is -0.469 e. The fourth-order valence-electron chi connectivity index (χ4n) is 2.29. The SMILES string of the molecule is Cc1cc(N(C)Cc2ccoc2C)c(C(C)N)cc1F. The number of hydrogen-bond donors (Lipinski definition) is 1. The quantitative estimate of drug-likeness (QED) is 0.926. The van der Waals surface area contributed by atoms with Gasteiger partial charge < -0.3 is 15.1 Å². The molecular weight excluding hydrogens is 255 g/mol. The Bertz CT molecular complexity index is 605. The summed E-state index contributed by atoms with van der Waals surface area (Å²) in [6, 6.07) is 5.12. The molecule has 1 atom stereocenters. The Kier molecular flexibility index (Phi) is 4.14. The van der Waals surface area contributed by atoms with Crippen LogP contribution in [0.5, 0.6) is 0 Å². The van der Waals surface area contributed by atoms with Crippen LogP contribution in [0.1, 0.15) is 35.4 Å². The molecule has 1 aromatic carbocycles. The first-order chi connectivity index (χ1) is 9.40. The number of rotatable bonds is 4. The van der Waals surface area contributed by atoms with Gasteiger partial charge in [-0.05, 0) is 50.1 Å². The smallest absolute Gasteiger partial charge is 0.126 e. The van der Waals surface area contributed by atoms with Gasteiger partial charge in [-0.3, -0.25) is 0 Å². The van der Waals surface area contributed by atoms with Crippen molar-refractivity contribution in [3.8, 4) is 0 Å². The number of hydrogen-bond acceptors (Lipinski definition) is 3. The van der Waals surface area contributed by atoms with Crippen LogP contribution in [0.2, 0.25) is 0 Å². The number of aryl methyl sites for hydroxylation is 2. The summed E-state index contributed by atoms with van der Waals surface area (Å²) in [5, 5.41) is 0. The Morgan fingerprint density at radius 1 is 1.35 bits per heavy atom. The molecule has 108 valence electrons. The van der Waals surface area contributed by atoms with Gasteiger partial charge in [0.05, 0.1) is 6.26 Å². The summed E-state index contributed by atoms with van der Waals surface area (Å²) in [7, 11) is 1.98. The van der Waals surface area contributed by atoms with Gasteiger partial charge in [0.2, 0.25) is 0 Å². The number of furan rings is 1. The lowest BCUT2D eigenvalue weighted by molar-refractivity contribution is 0.529. The molecule has 20 heavy (non-hydrogen) atoms. The van der Waals surface area contributed by atoms with E-state index >= 15 is 0 Å². The first-order valence-corrected chi connectivity index (χ1v) is 6.70. The van der Waals surface area contributed by atoms with Crippen molar-refractivity contribution >= 4 is 5.69 Å². The molecule has 0 amide bonds. The second-order valence-corrected chi connectivity index (χ2v) is 5.31. The monoisotopic (exact) mass is 276 g/mol. The predicted molar refractivity (Wildman–Crippen MR) is 79.3 cm³/mol. The molecule has 0 saturated carbocycles. The topological polar surface area (TPSA) is 42.4 Å². The highest BCUT2D eigenvalue weighted by atomic mass is 19.1. The molecule has 0 spiro atoms. The number of anilines is 1. The molecular formula is C16H21FN2O. The maximum Gasteiger partial charge on any atom is 0.126 e. The molecule has 4 heteroatoms. The molecule has 0 bridgehead atoms. The van der Waals surface area contributed by atoms with E-state index in [1.54, 1.807) is 13.2 Å². The van der Waals surface area contributed by atoms with Gasteiger partial charge in [-0.1, -0.05) is 0 Å². The molecule has 0 aliphatic rings. The second kappa shape index (κ2) is 5.67. The third-order valence-electron chi connectivity index (χ3n) is 3.58. The van der Waals surface area contributed by atoms with Crippen LogP contribution in [0.4, 0.5) is 10.1 Å². The predicted octanol–water partition coefficient (Wildman–Crippen LogP) is 3.69. The Balaban J connectivity index is 2.36. The largest absolute Gasteiger partial charge is 0.469 e. The van der Waals surface area contributed by atoms with Crippen LogP contribution in [-0.2, 0) is 6.54 Å². The van der Waals surface area contributed by atoms with Gasteiger partial charge >= 0.3 is 0 Å². The lowest BCUT2D eigenvalue weighted by atomic mass is 10.0. The average Bonchev–Trinajstić information content (AvgIpc) is 2.77. The van der Waals surface area contributed by atoms with Gasteiger partial charge in [0.25, 0.3) is 0 Å². The standard InChI is InChI=1S/C16H21FN2O/c1-10-7-16(14(11(2)18)8-15(10)17)19(4)9-13-5-6-20-12(13)3/h5-8,11H,9,18H2,1-4H3. The summed E-state index contributed by atoms with van der Waals surface area (Å²) in [5.74, 6) is 0.687. The minimum absolute atomic E-state index is 0.214. The van der Waals surface area contributed by atoms with E-state index in [0.717, 1.165) is 22.6 Å². The van der Waals surface area contributed by atoms with Crippen LogP contribution < -0.4 is 10.6 Å². The molecule has 0 saturated heterocycles. The summed E-state index contributed by atoms with van der Waals surface area (Å²) in [4.78, 5) is 2.07. The normalized spacial score (nSPS) is 12.5. The summed E-state index contributed by atoms with van der Waals surface area (Å²) in [5.41, 5.74) is 9.48. The zero-order valence-electron chi connectivity index (χ0n) is 12.4. The van der Waals surface area contributed by atoms with Crippen LogP contribution >= 0.6 is 0 Å². The van der Waals surface area contributed by atoms with Crippen LogP contribution in [0, 0.1) is 19.7 Å². The van der Waals surface area contributed by atoms with E-state index in [9.17, 15) is 4.39 Å². The van der Waals surface area contributed by atoms with Crippen molar-refractivity contribution in [2.45, 2.75) is 33.4 Å². The maximum atomic E-state index is 13.7. The highest BCUT2D eigenvalue weighted by Gasteiger charge is 2.15.